The number of hydrogen-bond donors (Lipinski definition) is 1. The Morgan fingerprint density at radius 3 is 2.66 bits per heavy atom. The van der Waals surface area contributed by atoms with Crippen molar-refractivity contribution in [2.75, 3.05) is 18.1 Å². The predicted molar refractivity (Wildman–Crippen MR) is 145 cm³/mol. The predicted octanol–water partition coefficient (Wildman–Crippen LogP) is 4.93. The minimum atomic E-state index is -0.637. The highest BCUT2D eigenvalue weighted by atomic mass is 35.5. The van der Waals surface area contributed by atoms with Gasteiger partial charge in [-0.05, 0) is 50.7 Å². The Kier molecular flexibility index (Phi) is 6.69. The second-order valence-electron chi connectivity index (χ2n) is 10.7. The molecule has 1 saturated carbocycles. The van der Waals surface area contributed by atoms with Crippen LogP contribution in [0.5, 0.6) is 0 Å². The van der Waals surface area contributed by atoms with E-state index in [1.165, 1.54) is 25.7 Å². The second-order valence-corrected chi connectivity index (χ2v) is 11.2. The van der Waals surface area contributed by atoms with Crippen LogP contribution < -0.4 is 10.7 Å². The van der Waals surface area contributed by atoms with Crippen molar-refractivity contribution in [2.45, 2.75) is 65.1 Å². The van der Waals surface area contributed by atoms with Crippen molar-refractivity contribution in [3.05, 3.63) is 40.1 Å². The zero-order valence-electron chi connectivity index (χ0n) is 21.9. The maximum atomic E-state index is 11.7. The lowest BCUT2D eigenvalue weighted by Gasteiger charge is -2.39. The maximum absolute atomic E-state index is 11.7. The second kappa shape index (κ2) is 10.1. The lowest BCUT2D eigenvalue weighted by molar-refractivity contribution is 0.0274. The number of H-pyrrole nitrogens is 1. The topological polar surface area (TPSA) is 115 Å². The van der Waals surface area contributed by atoms with Crippen LogP contribution >= 0.6 is 11.6 Å². The number of nitrogens with one attached hydrogen (secondary N) is 1. The van der Waals surface area contributed by atoms with E-state index < -0.39 is 5.76 Å². The average Bonchev–Trinajstić information content (AvgIpc) is 3.50. The lowest BCUT2D eigenvalue weighted by atomic mass is 9.83. The minimum absolute atomic E-state index is 0.0815. The fourth-order valence-electron chi connectivity index (χ4n) is 5.73. The van der Waals surface area contributed by atoms with Crippen molar-refractivity contribution in [1.82, 2.24) is 29.7 Å². The Hall–Kier alpha value is -3.24. The summed E-state index contributed by atoms with van der Waals surface area (Å²) >= 11 is 6.37. The van der Waals surface area contributed by atoms with Gasteiger partial charge in [0, 0.05) is 31.0 Å². The summed E-state index contributed by atoms with van der Waals surface area (Å²) in [5, 5.41) is 4.39. The highest BCUT2D eigenvalue weighted by Crippen LogP contribution is 2.38. The molecule has 0 spiro atoms. The first-order valence-corrected chi connectivity index (χ1v) is 13.7. The number of hydrogen-bond acceptors (Lipinski definition) is 8. The molecule has 0 radical (unpaired) electrons. The third-order valence-electron chi connectivity index (χ3n) is 8.08. The normalized spacial score (nSPS) is 24.3. The summed E-state index contributed by atoms with van der Waals surface area (Å²) in [6, 6.07) is 3.87. The Morgan fingerprint density at radius 1 is 1.11 bits per heavy atom. The first-order chi connectivity index (χ1) is 18.4. The van der Waals surface area contributed by atoms with Crippen molar-refractivity contribution in [3.8, 4) is 22.8 Å². The first kappa shape index (κ1) is 25.1. The molecule has 0 unspecified atom stereocenters. The summed E-state index contributed by atoms with van der Waals surface area (Å²) in [5.74, 6) is 1.84. The maximum Gasteiger partial charge on any atom is 0.439 e. The van der Waals surface area contributed by atoms with Crippen LogP contribution in [0.4, 0.5) is 5.95 Å². The zero-order valence-corrected chi connectivity index (χ0v) is 22.6. The van der Waals surface area contributed by atoms with Gasteiger partial charge in [-0.3, -0.25) is 14.5 Å². The number of pyridine rings is 2. The Balaban J connectivity index is 1.58. The van der Waals surface area contributed by atoms with Crippen LogP contribution in [0.3, 0.4) is 0 Å². The fraction of sp³-hybridized carbons (Fsp3) is 0.519. The fourth-order valence-corrected chi connectivity index (χ4v) is 5.90. The van der Waals surface area contributed by atoms with E-state index >= 15 is 0 Å². The van der Waals surface area contributed by atoms with Gasteiger partial charge in [-0.25, -0.2) is 14.8 Å². The van der Waals surface area contributed by atoms with Crippen LogP contribution in [-0.4, -0.2) is 55.0 Å². The van der Waals surface area contributed by atoms with Crippen LogP contribution in [0.15, 0.2) is 33.8 Å². The van der Waals surface area contributed by atoms with Gasteiger partial charge in [-0.15, -0.1) is 0 Å². The molecule has 0 aromatic carbocycles. The van der Waals surface area contributed by atoms with Gasteiger partial charge in [0.15, 0.2) is 0 Å². The number of halogens is 1. The third kappa shape index (κ3) is 4.71. The molecule has 1 aliphatic heterocycles. The highest BCUT2D eigenvalue weighted by Gasteiger charge is 2.32. The van der Waals surface area contributed by atoms with Crippen LogP contribution in [0.25, 0.3) is 33.8 Å². The number of fused-ring (bicyclic) bond motifs is 1. The van der Waals surface area contributed by atoms with E-state index in [0.29, 0.717) is 28.9 Å². The Bertz CT molecular complexity index is 1500. The number of ether oxygens (including phenoxy) is 1. The molecular weight excluding hydrogens is 506 g/mol. The van der Waals surface area contributed by atoms with Gasteiger partial charge in [0.1, 0.15) is 5.69 Å². The number of anilines is 1. The molecule has 2 atom stereocenters. The molecule has 1 aliphatic carbocycles. The van der Waals surface area contributed by atoms with Crippen molar-refractivity contribution < 1.29 is 9.26 Å². The Labute approximate surface area is 225 Å². The van der Waals surface area contributed by atoms with Gasteiger partial charge >= 0.3 is 5.76 Å². The summed E-state index contributed by atoms with van der Waals surface area (Å²) in [5.41, 5.74) is 3.60. The summed E-state index contributed by atoms with van der Waals surface area (Å²) < 4.78 is 13.0. The van der Waals surface area contributed by atoms with Gasteiger partial charge < -0.3 is 14.2 Å². The number of morpholine rings is 1. The molecular formula is C27H32ClN7O3. The van der Waals surface area contributed by atoms with Crippen molar-refractivity contribution in [3.63, 3.8) is 0 Å². The van der Waals surface area contributed by atoms with Crippen molar-refractivity contribution >= 4 is 28.6 Å². The van der Waals surface area contributed by atoms with Gasteiger partial charge in [0.25, 0.3) is 0 Å². The van der Waals surface area contributed by atoms with Gasteiger partial charge in [0.05, 0.1) is 40.5 Å². The van der Waals surface area contributed by atoms with E-state index in [1.807, 2.05) is 12.1 Å². The van der Waals surface area contributed by atoms with E-state index in [2.05, 4.69) is 45.4 Å². The number of aromatic nitrogens is 6. The summed E-state index contributed by atoms with van der Waals surface area (Å²) in [6.45, 7) is 8.87. The molecule has 6 rings (SSSR count). The number of rotatable bonds is 5. The van der Waals surface area contributed by atoms with Crippen LogP contribution in [0.2, 0.25) is 5.02 Å². The third-order valence-corrected chi connectivity index (χ3v) is 8.29. The summed E-state index contributed by atoms with van der Waals surface area (Å²) in [4.78, 5) is 31.2. The van der Waals surface area contributed by atoms with E-state index in [0.717, 1.165) is 41.6 Å². The molecule has 0 amide bonds. The van der Waals surface area contributed by atoms with E-state index in [4.69, 9.17) is 30.8 Å². The molecule has 2 fully saturated rings. The summed E-state index contributed by atoms with van der Waals surface area (Å²) in [7, 11) is 0. The molecule has 10 nitrogen and oxygen atoms in total. The SMILES string of the molecule is C[C@@H]1OCCN(c2nc3cc(-c4noc(=O)[nH]4)nc(-c4cncc(Cl)c4)c3n2C[C@H]2CC[C@H](C)CC2)[C@H]1C. The zero-order chi connectivity index (χ0) is 26.4. The van der Waals surface area contributed by atoms with Crippen LogP contribution in [0, 0.1) is 11.8 Å². The number of imidazole rings is 1. The van der Waals surface area contributed by atoms with E-state index in [-0.39, 0.29) is 18.0 Å². The minimum Gasteiger partial charge on any atom is -0.375 e. The van der Waals surface area contributed by atoms with Gasteiger partial charge in [0.2, 0.25) is 11.8 Å². The molecule has 38 heavy (non-hydrogen) atoms. The Morgan fingerprint density at radius 2 is 1.92 bits per heavy atom. The monoisotopic (exact) mass is 537 g/mol. The molecule has 11 heteroatoms. The molecule has 0 bridgehead atoms. The molecule has 5 heterocycles. The largest absolute Gasteiger partial charge is 0.439 e. The molecule has 1 N–H and O–H groups in total. The standard InChI is InChI=1S/C27H32ClN7O3/c1-15-4-6-18(7-5-15)14-35-24-21(31-26(35)34-8-9-37-17(3)16(34)2)11-22(25-32-27(36)38-33-25)30-23(24)19-10-20(28)13-29-12-19/h10-13,15-18H,4-9,14H2,1-3H3,(H,32,33,36)/t15-,16-,17-,18-/m0/s1. The molecule has 200 valence electrons. The molecule has 4 aromatic heterocycles. The highest BCUT2D eigenvalue weighted by molar-refractivity contribution is 6.30. The van der Waals surface area contributed by atoms with Crippen molar-refractivity contribution in [2.24, 2.45) is 11.8 Å². The van der Waals surface area contributed by atoms with Crippen LogP contribution in [0.1, 0.15) is 46.5 Å². The van der Waals surface area contributed by atoms with Gasteiger partial charge in [-0.1, -0.05) is 36.5 Å². The summed E-state index contributed by atoms with van der Waals surface area (Å²) in [6.07, 6.45) is 8.29. The molecule has 4 aromatic rings. The van der Waals surface area contributed by atoms with Crippen LogP contribution in [-0.2, 0) is 11.3 Å². The molecule has 2 aliphatic rings. The smallest absolute Gasteiger partial charge is 0.375 e. The first-order valence-electron chi connectivity index (χ1n) is 13.3. The van der Waals surface area contributed by atoms with Crippen molar-refractivity contribution in [1.29, 1.82) is 0 Å². The quantitative estimate of drug-likeness (QED) is 0.381. The van der Waals surface area contributed by atoms with E-state index in [1.54, 1.807) is 12.4 Å². The molecule has 1 saturated heterocycles. The number of aromatic amines is 1. The number of nitrogens with zero attached hydrogens (tertiary/aromatic N) is 6. The van der Waals surface area contributed by atoms with E-state index in [9.17, 15) is 4.79 Å². The van der Waals surface area contributed by atoms with Gasteiger partial charge in [-0.2, -0.15) is 0 Å². The average molecular weight is 538 g/mol. The lowest BCUT2D eigenvalue weighted by Crippen LogP contribution is -2.49.